The fraction of sp³-hybridized carbons (Fsp3) is 0.273. The lowest BCUT2D eigenvalue weighted by atomic mass is 10.1. The predicted molar refractivity (Wildman–Crippen MR) is 117 cm³/mol. The van der Waals surface area contributed by atoms with Crippen molar-refractivity contribution in [3.8, 4) is 17.2 Å². The van der Waals surface area contributed by atoms with Gasteiger partial charge in [-0.25, -0.2) is 4.98 Å². The van der Waals surface area contributed by atoms with Gasteiger partial charge in [0.2, 0.25) is 5.91 Å². The molecule has 1 aromatic heterocycles. The normalized spacial score (nSPS) is 10.7. The van der Waals surface area contributed by atoms with Crippen LogP contribution in [0.3, 0.4) is 0 Å². The molecule has 0 bridgehead atoms. The molecule has 1 heterocycles. The Hall–Kier alpha value is -2.93. The van der Waals surface area contributed by atoms with Crippen molar-refractivity contribution in [1.82, 2.24) is 9.55 Å². The number of aromatic nitrogens is 2. The first-order valence-corrected chi connectivity index (χ1v) is 10.2. The Balaban J connectivity index is 1.71. The summed E-state index contributed by atoms with van der Waals surface area (Å²) in [5.74, 6) is 1.34. The Morgan fingerprint density at radius 1 is 1.07 bits per heavy atom. The van der Waals surface area contributed by atoms with Gasteiger partial charge in [0, 0.05) is 24.1 Å². The van der Waals surface area contributed by atoms with E-state index in [9.17, 15) is 4.79 Å². The predicted octanol–water partition coefficient (Wildman–Crippen LogP) is 4.55. The molecule has 0 aliphatic rings. The number of aryl methyl sites for hydroxylation is 3. The maximum Gasteiger partial charge on any atom is 0.234 e. The van der Waals surface area contributed by atoms with Gasteiger partial charge in [-0.3, -0.25) is 9.36 Å². The van der Waals surface area contributed by atoms with Crippen LogP contribution in [0.5, 0.6) is 11.5 Å². The average Bonchev–Trinajstić information content (AvgIpc) is 3.17. The number of nitrogens with one attached hydrogen (secondary N) is 1. The molecular weight excluding hydrogens is 386 g/mol. The summed E-state index contributed by atoms with van der Waals surface area (Å²) in [7, 11) is 3.16. The van der Waals surface area contributed by atoms with Crippen LogP contribution in [0, 0.1) is 20.8 Å². The molecular formula is C22H25N3O3S. The van der Waals surface area contributed by atoms with Crippen LogP contribution in [-0.2, 0) is 4.79 Å². The van der Waals surface area contributed by atoms with Gasteiger partial charge < -0.3 is 14.8 Å². The van der Waals surface area contributed by atoms with E-state index in [4.69, 9.17) is 9.47 Å². The van der Waals surface area contributed by atoms with Gasteiger partial charge in [0.1, 0.15) is 0 Å². The number of benzene rings is 2. The van der Waals surface area contributed by atoms with Gasteiger partial charge in [0.25, 0.3) is 0 Å². The highest BCUT2D eigenvalue weighted by atomic mass is 32.2. The highest BCUT2D eigenvalue weighted by molar-refractivity contribution is 7.99. The smallest absolute Gasteiger partial charge is 0.234 e. The van der Waals surface area contributed by atoms with Crippen LogP contribution in [0.4, 0.5) is 5.69 Å². The van der Waals surface area contributed by atoms with Gasteiger partial charge in [-0.05, 0) is 49.6 Å². The molecule has 1 N–H and O–H groups in total. The number of hydrogen-bond donors (Lipinski definition) is 1. The van der Waals surface area contributed by atoms with Gasteiger partial charge in [-0.1, -0.05) is 23.9 Å². The quantitative estimate of drug-likeness (QED) is 0.578. The van der Waals surface area contributed by atoms with Crippen LogP contribution in [0.2, 0.25) is 0 Å². The summed E-state index contributed by atoms with van der Waals surface area (Å²) in [6.45, 7) is 6.04. The molecule has 0 aliphatic heterocycles. The number of rotatable bonds is 7. The first-order valence-electron chi connectivity index (χ1n) is 9.19. The van der Waals surface area contributed by atoms with E-state index in [2.05, 4.69) is 42.3 Å². The molecule has 0 saturated carbocycles. The molecule has 0 saturated heterocycles. The molecule has 3 aromatic rings. The van der Waals surface area contributed by atoms with Crippen molar-refractivity contribution in [2.75, 3.05) is 25.3 Å². The molecule has 2 aromatic carbocycles. The molecule has 0 aliphatic carbocycles. The Bertz CT molecular complexity index is 1030. The summed E-state index contributed by atoms with van der Waals surface area (Å²) >= 11 is 1.40. The lowest BCUT2D eigenvalue weighted by molar-refractivity contribution is -0.113. The van der Waals surface area contributed by atoms with Crippen LogP contribution in [0.25, 0.3) is 5.69 Å². The van der Waals surface area contributed by atoms with E-state index >= 15 is 0 Å². The number of methoxy groups -OCH3 is 2. The van der Waals surface area contributed by atoms with E-state index < -0.39 is 0 Å². The lowest BCUT2D eigenvalue weighted by Crippen LogP contribution is -2.15. The number of ether oxygens (including phenoxy) is 2. The number of nitrogens with zero attached hydrogens (tertiary/aromatic N) is 2. The fourth-order valence-electron chi connectivity index (χ4n) is 2.99. The van der Waals surface area contributed by atoms with Gasteiger partial charge in [-0.15, -0.1) is 0 Å². The van der Waals surface area contributed by atoms with Crippen molar-refractivity contribution in [3.05, 3.63) is 59.4 Å². The minimum absolute atomic E-state index is 0.110. The maximum absolute atomic E-state index is 12.5. The molecule has 0 spiro atoms. The van der Waals surface area contributed by atoms with E-state index in [1.165, 1.54) is 17.3 Å². The van der Waals surface area contributed by atoms with Crippen LogP contribution < -0.4 is 14.8 Å². The van der Waals surface area contributed by atoms with E-state index in [0.29, 0.717) is 17.2 Å². The monoisotopic (exact) mass is 411 g/mol. The number of anilines is 1. The third kappa shape index (κ3) is 4.74. The number of hydrogen-bond acceptors (Lipinski definition) is 5. The van der Waals surface area contributed by atoms with Crippen LogP contribution in [0.1, 0.15) is 16.7 Å². The summed E-state index contributed by atoms with van der Waals surface area (Å²) in [4.78, 5) is 17.0. The summed E-state index contributed by atoms with van der Waals surface area (Å²) in [6.07, 6.45) is 3.67. The molecule has 0 radical (unpaired) electrons. The van der Waals surface area contributed by atoms with E-state index in [0.717, 1.165) is 22.0 Å². The lowest BCUT2D eigenvalue weighted by Gasteiger charge is -2.14. The molecule has 7 heteroatoms. The summed E-state index contributed by atoms with van der Waals surface area (Å²) in [5.41, 5.74) is 5.00. The molecule has 3 rings (SSSR count). The third-order valence-electron chi connectivity index (χ3n) is 4.57. The van der Waals surface area contributed by atoms with Crippen molar-refractivity contribution in [1.29, 1.82) is 0 Å². The van der Waals surface area contributed by atoms with Crippen LogP contribution in [-0.4, -0.2) is 35.4 Å². The number of carbonyl (C=O) groups is 1. The Labute approximate surface area is 175 Å². The van der Waals surface area contributed by atoms with Crippen molar-refractivity contribution in [2.45, 2.75) is 25.9 Å². The van der Waals surface area contributed by atoms with Gasteiger partial charge in [0.15, 0.2) is 16.7 Å². The minimum atomic E-state index is -0.110. The van der Waals surface area contributed by atoms with Crippen molar-refractivity contribution < 1.29 is 14.3 Å². The highest BCUT2D eigenvalue weighted by Crippen LogP contribution is 2.33. The number of amides is 1. The van der Waals surface area contributed by atoms with Gasteiger partial charge in [-0.2, -0.15) is 0 Å². The fourth-order valence-corrected chi connectivity index (χ4v) is 3.76. The Morgan fingerprint density at radius 2 is 1.79 bits per heavy atom. The summed E-state index contributed by atoms with van der Waals surface area (Å²) in [6, 6.07) is 9.91. The van der Waals surface area contributed by atoms with Crippen molar-refractivity contribution in [2.24, 2.45) is 0 Å². The molecule has 0 unspecified atom stereocenters. The van der Waals surface area contributed by atoms with Crippen molar-refractivity contribution >= 4 is 23.4 Å². The van der Waals surface area contributed by atoms with E-state index in [1.807, 2.05) is 23.8 Å². The topological polar surface area (TPSA) is 65.4 Å². The molecule has 1 amide bonds. The number of thioether (sulfide) groups is 1. The molecule has 0 fully saturated rings. The van der Waals surface area contributed by atoms with Gasteiger partial charge >= 0.3 is 0 Å². The first kappa shape index (κ1) is 20.8. The van der Waals surface area contributed by atoms with Gasteiger partial charge in [0.05, 0.1) is 25.7 Å². The van der Waals surface area contributed by atoms with Crippen LogP contribution in [0.15, 0.2) is 47.9 Å². The van der Waals surface area contributed by atoms with E-state index in [-0.39, 0.29) is 11.7 Å². The standard InChI is InChI=1S/C22H25N3O3S/c1-14-6-7-15(2)18(10-14)25-9-8-23-22(25)29-13-21(26)24-17-12-20(28-5)19(27-4)11-16(17)3/h6-12H,13H2,1-5H3,(H,24,26). The zero-order valence-electron chi connectivity index (χ0n) is 17.3. The zero-order valence-corrected chi connectivity index (χ0v) is 18.1. The third-order valence-corrected chi connectivity index (χ3v) is 5.53. The zero-order chi connectivity index (χ0) is 21.0. The number of imidazole rings is 1. The second-order valence-corrected chi connectivity index (χ2v) is 7.67. The summed E-state index contributed by atoms with van der Waals surface area (Å²) < 4.78 is 12.6. The maximum atomic E-state index is 12.5. The SMILES string of the molecule is COc1cc(C)c(NC(=O)CSc2nccn2-c2cc(C)ccc2C)cc1OC. The Morgan fingerprint density at radius 3 is 2.52 bits per heavy atom. The number of carbonyl (C=O) groups excluding carboxylic acids is 1. The summed E-state index contributed by atoms with van der Waals surface area (Å²) in [5, 5.41) is 3.72. The molecule has 0 atom stereocenters. The van der Waals surface area contributed by atoms with Crippen LogP contribution >= 0.6 is 11.8 Å². The molecule has 6 nitrogen and oxygen atoms in total. The second-order valence-electron chi connectivity index (χ2n) is 6.73. The second kappa shape index (κ2) is 9.05. The largest absolute Gasteiger partial charge is 0.493 e. The average molecular weight is 412 g/mol. The molecule has 152 valence electrons. The van der Waals surface area contributed by atoms with Crippen molar-refractivity contribution in [3.63, 3.8) is 0 Å². The van der Waals surface area contributed by atoms with E-state index in [1.54, 1.807) is 26.5 Å². The Kier molecular flexibility index (Phi) is 6.49. The highest BCUT2D eigenvalue weighted by Gasteiger charge is 2.14. The minimum Gasteiger partial charge on any atom is -0.493 e. The molecule has 29 heavy (non-hydrogen) atoms. The first-order chi connectivity index (χ1) is 13.9.